The van der Waals surface area contributed by atoms with E-state index in [1.807, 2.05) is 18.2 Å². The van der Waals surface area contributed by atoms with Gasteiger partial charge in [0.2, 0.25) is 5.16 Å². The second-order valence-electron chi connectivity index (χ2n) is 5.93. The Morgan fingerprint density at radius 1 is 1.11 bits per heavy atom. The smallest absolute Gasteiger partial charge is 0.264 e. The van der Waals surface area contributed by atoms with Gasteiger partial charge in [-0.1, -0.05) is 41.6 Å². The number of nitrogen functional groups attached to an aromatic ring is 1. The Kier molecular flexibility index (Phi) is 6.38. The van der Waals surface area contributed by atoms with Crippen molar-refractivity contribution in [1.29, 1.82) is 0 Å². The molecular formula is C19H22N6O2S. The van der Waals surface area contributed by atoms with Gasteiger partial charge < -0.3 is 15.3 Å². The largest absolute Gasteiger partial charge is 0.493 e. The maximum absolute atomic E-state index is 6.05. The number of rotatable bonds is 8. The van der Waals surface area contributed by atoms with E-state index in [1.165, 1.54) is 27.6 Å². The molecule has 3 N–H and O–H groups in total. The van der Waals surface area contributed by atoms with Crippen molar-refractivity contribution >= 4 is 23.9 Å². The number of aryl methyl sites for hydroxylation is 1. The van der Waals surface area contributed by atoms with Crippen LogP contribution in [-0.4, -0.2) is 35.3 Å². The molecule has 3 aromatic rings. The summed E-state index contributed by atoms with van der Waals surface area (Å²) in [6.45, 7) is 2.06. The van der Waals surface area contributed by atoms with Crippen LogP contribution in [0.1, 0.15) is 16.7 Å². The van der Waals surface area contributed by atoms with Crippen molar-refractivity contribution in [1.82, 2.24) is 14.9 Å². The van der Waals surface area contributed by atoms with Gasteiger partial charge in [0.05, 0.1) is 20.4 Å². The number of hydrazone groups is 1. The summed E-state index contributed by atoms with van der Waals surface area (Å²) >= 11 is 1.51. The molecule has 9 heteroatoms. The van der Waals surface area contributed by atoms with Crippen molar-refractivity contribution in [2.24, 2.45) is 5.10 Å². The Balaban J connectivity index is 1.61. The molecule has 3 rings (SSSR count). The lowest BCUT2D eigenvalue weighted by atomic mass is 10.2. The highest BCUT2D eigenvalue weighted by Gasteiger charge is 2.10. The molecule has 8 nitrogen and oxygen atoms in total. The van der Waals surface area contributed by atoms with Crippen molar-refractivity contribution in [2.45, 2.75) is 17.8 Å². The lowest BCUT2D eigenvalue weighted by Gasteiger charge is -2.07. The Hall–Kier alpha value is -3.20. The molecular weight excluding hydrogens is 376 g/mol. The number of benzene rings is 2. The number of thioether (sulfide) groups is 1. The van der Waals surface area contributed by atoms with Gasteiger partial charge in [-0.05, 0) is 36.2 Å². The van der Waals surface area contributed by atoms with Gasteiger partial charge in [0.1, 0.15) is 0 Å². The van der Waals surface area contributed by atoms with E-state index >= 15 is 0 Å². The minimum atomic E-state index is 0.350. The van der Waals surface area contributed by atoms with E-state index in [0.717, 1.165) is 11.3 Å². The van der Waals surface area contributed by atoms with E-state index in [9.17, 15) is 0 Å². The van der Waals surface area contributed by atoms with Crippen molar-refractivity contribution in [2.75, 3.05) is 25.5 Å². The molecule has 0 aliphatic rings. The SMILES string of the molecule is COc1ccc(/C=N/Nc2nnc(SCc3ccc(C)cc3)n2N)cc1OC. The Labute approximate surface area is 167 Å². The molecule has 0 atom stereocenters. The number of methoxy groups -OCH3 is 2. The van der Waals surface area contributed by atoms with Gasteiger partial charge >= 0.3 is 0 Å². The molecule has 0 saturated heterocycles. The summed E-state index contributed by atoms with van der Waals surface area (Å²) in [6.07, 6.45) is 1.63. The summed E-state index contributed by atoms with van der Waals surface area (Å²) in [6, 6.07) is 13.8. The van der Waals surface area contributed by atoms with Crippen LogP contribution in [0.25, 0.3) is 0 Å². The third-order valence-electron chi connectivity index (χ3n) is 3.94. The molecule has 0 amide bonds. The van der Waals surface area contributed by atoms with Gasteiger partial charge in [0, 0.05) is 5.75 Å². The molecule has 2 aromatic carbocycles. The van der Waals surface area contributed by atoms with Crippen LogP contribution >= 0.6 is 11.8 Å². The van der Waals surface area contributed by atoms with Crippen LogP contribution in [0.15, 0.2) is 52.7 Å². The molecule has 0 saturated carbocycles. The fourth-order valence-electron chi connectivity index (χ4n) is 2.38. The standard InChI is InChI=1S/C19H22N6O2S/c1-13-4-6-14(7-5-13)12-28-19-24-23-18(25(19)20)22-21-11-15-8-9-16(26-2)17(10-15)27-3/h4-11H,12,20H2,1-3H3,(H,22,23)/b21-11+. The van der Waals surface area contributed by atoms with Crippen LogP contribution in [0.4, 0.5) is 5.95 Å². The van der Waals surface area contributed by atoms with Gasteiger partial charge in [-0.3, -0.25) is 0 Å². The quantitative estimate of drug-likeness (QED) is 0.260. The van der Waals surface area contributed by atoms with E-state index in [2.05, 4.69) is 51.9 Å². The molecule has 0 unspecified atom stereocenters. The number of hydrogen-bond acceptors (Lipinski definition) is 8. The summed E-state index contributed by atoms with van der Waals surface area (Å²) in [5, 5.41) is 12.9. The van der Waals surface area contributed by atoms with Crippen molar-refractivity contribution < 1.29 is 9.47 Å². The maximum Gasteiger partial charge on any atom is 0.264 e. The number of nitrogens with one attached hydrogen (secondary N) is 1. The van der Waals surface area contributed by atoms with E-state index in [0.29, 0.717) is 22.6 Å². The highest BCUT2D eigenvalue weighted by molar-refractivity contribution is 7.98. The number of hydrogen-bond donors (Lipinski definition) is 2. The minimum absolute atomic E-state index is 0.350. The van der Waals surface area contributed by atoms with E-state index in [4.69, 9.17) is 15.3 Å². The average Bonchev–Trinajstić information content (AvgIpc) is 3.07. The fraction of sp³-hybridized carbons (Fsp3) is 0.211. The number of anilines is 1. The van der Waals surface area contributed by atoms with Crippen molar-refractivity contribution in [3.63, 3.8) is 0 Å². The number of aromatic nitrogens is 3. The molecule has 0 spiro atoms. The van der Waals surface area contributed by atoms with E-state index in [-0.39, 0.29) is 0 Å². The minimum Gasteiger partial charge on any atom is -0.493 e. The number of nitrogens with zero attached hydrogens (tertiary/aromatic N) is 4. The van der Waals surface area contributed by atoms with E-state index < -0.39 is 0 Å². The lowest BCUT2D eigenvalue weighted by molar-refractivity contribution is 0.355. The zero-order valence-corrected chi connectivity index (χ0v) is 16.7. The Morgan fingerprint density at radius 3 is 2.57 bits per heavy atom. The second-order valence-corrected chi connectivity index (χ2v) is 6.88. The third-order valence-corrected chi connectivity index (χ3v) is 4.95. The van der Waals surface area contributed by atoms with Crippen LogP contribution in [0.5, 0.6) is 11.5 Å². The highest BCUT2D eigenvalue weighted by atomic mass is 32.2. The first-order chi connectivity index (χ1) is 13.6. The Bertz CT molecular complexity index is 956. The monoisotopic (exact) mass is 398 g/mol. The maximum atomic E-state index is 6.05. The summed E-state index contributed by atoms with van der Waals surface area (Å²) in [7, 11) is 3.18. The molecule has 1 aromatic heterocycles. The van der Waals surface area contributed by atoms with Crippen LogP contribution < -0.4 is 20.7 Å². The van der Waals surface area contributed by atoms with Gasteiger partial charge in [0.25, 0.3) is 5.95 Å². The van der Waals surface area contributed by atoms with Crippen LogP contribution in [0, 0.1) is 6.92 Å². The molecule has 0 bridgehead atoms. The normalized spacial score (nSPS) is 11.0. The zero-order chi connectivity index (χ0) is 19.9. The van der Waals surface area contributed by atoms with Crippen LogP contribution in [-0.2, 0) is 5.75 Å². The molecule has 1 heterocycles. The molecule has 28 heavy (non-hydrogen) atoms. The van der Waals surface area contributed by atoms with Gasteiger partial charge in [-0.2, -0.15) is 5.10 Å². The highest BCUT2D eigenvalue weighted by Crippen LogP contribution is 2.27. The molecule has 146 valence electrons. The van der Waals surface area contributed by atoms with Crippen LogP contribution in [0.3, 0.4) is 0 Å². The predicted octanol–water partition coefficient (Wildman–Crippen LogP) is 3.06. The van der Waals surface area contributed by atoms with Gasteiger partial charge in [-0.25, -0.2) is 10.1 Å². The summed E-state index contributed by atoms with van der Waals surface area (Å²) in [4.78, 5) is 0. The van der Waals surface area contributed by atoms with Crippen LogP contribution in [0.2, 0.25) is 0 Å². The first-order valence-electron chi connectivity index (χ1n) is 8.50. The summed E-state index contributed by atoms with van der Waals surface area (Å²) in [5.74, 6) is 8.44. The predicted molar refractivity (Wildman–Crippen MR) is 112 cm³/mol. The zero-order valence-electron chi connectivity index (χ0n) is 15.9. The molecule has 0 aliphatic carbocycles. The fourth-order valence-corrected chi connectivity index (χ4v) is 3.19. The van der Waals surface area contributed by atoms with Crippen molar-refractivity contribution in [3.05, 3.63) is 59.2 Å². The van der Waals surface area contributed by atoms with Gasteiger partial charge in [0.15, 0.2) is 11.5 Å². The topological polar surface area (TPSA) is 99.6 Å². The van der Waals surface area contributed by atoms with E-state index in [1.54, 1.807) is 20.4 Å². The lowest BCUT2D eigenvalue weighted by Crippen LogP contribution is -2.13. The first-order valence-corrected chi connectivity index (χ1v) is 9.49. The van der Waals surface area contributed by atoms with Crippen molar-refractivity contribution in [3.8, 4) is 11.5 Å². The number of nitrogens with two attached hydrogens (primary N) is 1. The third kappa shape index (κ3) is 4.74. The second kappa shape index (κ2) is 9.14. The van der Waals surface area contributed by atoms with Gasteiger partial charge in [-0.15, -0.1) is 10.2 Å². The average molecular weight is 398 g/mol. The summed E-state index contributed by atoms with van der Waals surface area (Å²) in [5.41, 5.74) is 6.06. The number of ether oxygens (including phenoxy) is 2. The molecule has 0 radical (unpaired) electrons. The summed E-state index contributed by atoms with van der Waals surface area (Å²) < 4.78 is 11.9. The molecule has 0 aliphatic heterocycles. The Morgan fingerprint density at radius 2 is 1.86 bits per heavy atom. The molecule has 0 fully saturated rings. The first kappa shape index (κ1) is 19.6.